The number of terminal acetylenes is 1. The Bertz CT molecular complexity index is 638. The molecule has 2 rings (SSSR count). The van der Waals surface area contributed by atoms with E-state index in [1.54, 1.807) is 12.1 Å². The summed E-state index contributed by atoms with van der Waals surface area (Å²) in [5.41, 5.74) is 1.03. The molecule has 0 N–H and O–H groups in total. The van der Waals surface area contributed by atoms with Gasteiger partial charge in [0.15, 0.2) is 0 Å². The fraction of sp³-hybridized carbons (Fsp3) is 0.412. The lowest BCUT2D eigenvalue weighted by atomic mass is 10.1. The highest BCUT2D eigenvalue weighted by Gasteiger charge is 2.29. The Morgan fingerprint density at radius 2 is 2.00 bits per heavy atom. The fourth-order valence-electron chi connectivity index (χ4n) is 2.52. The van der Waals surface area contributed by atoms with Gasteiger partial charge in [-0.2, -0.15) is 4.31 Å². The van der Waals surface area contributed by atoms with Gasteiger partial charge in [-0.3, -0.25) is 0 Å². The molecule has 1 aromatic rings. The second-order valence-electron chi connectivity index (χ2n) is 5.35. The fourth-order valence-corrected chi connectivity index (χ4v) is 4.05. The van der Waals surface area contributed by atoms with E-state index in [9.17, 15) is 8.42 Å². The lowest BCUT2D eigenvalue weighted by Crippen LogP contribution is -2.39. The molecule has 0 fully saturated rings. The summed E-state index contributed by atoms with van der Waals surface area (Å²) in [7, 11) is -3.56. The largest absolute Gasteiger partial charge is 0.244 e. The van der Waals surface area contributed by atoms with Crippen molar-refractivity contribution in [2.45, 2.75) is 43.5 Å². The number of rotatable bonds is 4. The van der Waals surface area contributed by atoms with E-state index in [-0.39, 0.29) is 12.6 Å². The molecule has 4 heteroatoms. The van der Waals surface area contributed by atoms with E-state index >= 15 is 0 Å². The van der Waals surface area contributed by atoms with Crippen LogP contribution in [-0.2, 0) is 10.0 Å². The van der Waals surface area contributed by atoms with Crippen molar-refractivity contribution in [1.29, 1.82) is 0 Å². The standard InChI is InChI=1S/C17H21NO2S/c1-3-14-18(16-8-6-4-5-7-9-16)21(19,20)17-12-10-15(2)11-13-17/h1,6,8,10-13,16H,4-5,7,9,14H2,2H3. The molecular weight excluding hydrogens is 282 g/mol. The molecule has 1 aliphatic rings. The van der Waals surface area contributed by atoms with Gasteiger partial charge in [-0.1, -0.05) is 42.2 Å². The van der Waals surface area contributed by atoms with Crippen LogP contribution in [0.15, 0.2) is 41.3 Å². The molecule has 0 spiro atoms. The zero-order chi connectivity index (χ0) is 15.3. The molecule has 0 heterocycles. The highest BCUT2D eigenvalue weighted by Crippen LogP contribution is 2.24. The first kappa shape index (κ1) is 15.8. The van der Waals surface area contributed by atoms with Crippen LogP contribution in [-0.4, -0.2) is 25.3 Å². The maximum absolute atomic E-state index is 12.8. The van der Waals surface area contributed by atoms with Crippen LogP contribution in [0.5, 0.6) is 0 Å². The molecule has 1 atom stereocenters. The van der Waals surface area contributed by atoms with E-state index in [0.29, 0.717) is 4.90 Å². The first-order valence-corrected chi connectivity index (χ1v) is 8.68. The third-order valence-electron chi connectivity index (χ3n) is 3.72. The second kappa shape index (κ2) is 6.93. The van der Waals surface area contributed by atoms with E-state index in [4.69, 9.17) is 6.42 Å². The van der Waals surface area contributed by atoms with Gasteiger partial charge < -0.3 is 0 Å². The number of benzene rings is 1. The molecule has 112 valence electrons. The normalized spacial score (nSPS) is 19.2. The average Bonchev–Trinajstić information content (AvgIpc) is 2.74. The quantitative estimate of drug-likeness (QED) is 0.633. The molecule has 0 bridgehead atoms. The summed E-state index contributed by atoms with van der Waals surface area (Å²) in [6.45, 7) is 2.04. The Hall–Kier alpha value is -1.57. The smallest absolute Gasteiger partial charge is 0.207 e. The molecule has 0 aromatic heterocycles. The maximum atomic E-state index is 12.8. The minimum atomic E-state index is -3.56. The molecule has 0 saturated heterocycles. The molecule has 1 aromatic carbocycles. The number of aryl methyl sites for hydroxylation is 1. The summed E-state index contributed by atoms with van der Waals surface area (Å²) in [5.74, 6) is 2.49. The molecular formula is C17H21NO2S. The zero-order valence-corrected chi connectivity index (χ0v) is 13.1. The third kappa shape index (κ3) is 3.75. The van der Waals surface area contributed by atoms with Crippen LogP contribution in [0, 0.1) is 19.3 Å². The Morgan fingerprint density at radius 3 is 2.67 bits per heavy atom. The van der Waals surface area contributed by atoms with Crippen LogP contribution in [0.2, 0.25) is 0 Å². The third-order valence-corrected chi connectivity index (χ3v) is 5.61. The predicted octanol–water partition coefficient (Wildman–Crippen LogP) is 3.12. The van der Waals surface area contributed by atoms with Crippen molar-refractivity contribution in [2.24, 2.45) is 0 Å². The summed E-state index contributed by atoms with van der Waals surface area (Å²) in [6.07, 6.45) is 13.4. The van der Waals surface area contributed by atoms with Crippen LogP contribution >= 0.6 is 0 Å². The van der Waals surface area contributed by atoms with Crippen LogP contribution in [0.1, 0.15) is 31.2 Å². The van der Waals surface area contributed by atoms with Crippen LogP contribution < -0.4 is 0 Å². The molecule has 0 saturated carbocycles. The van der Waals surface area contributed by atoms with Gasteiger partial charge in [0.1, 0.15) is 0 Å². The van der Waals surface area contributed by atoms with Crippen molar-refractivity contribution in [3.05, 3.63) is 42.0 Å². The van der Waals surface area contributed by atoms with Crippen molar-refractivity contribution < 1.29 is 8.42 Å². The number of sulfonamides is 1. The molecule has 0 radical (unpaired) electrons. The summed E-state index contributed by atoms with van der Waals surface area (Å²) >= 11 is 0. The summed E-state index contributed by atoms with van der Waals surface area (Å²) in [6, 6.07) is 6.77. The van der Waals surface area contributed by atoms with E-state index < -0.39 is 10.0 Å². The van der Waals surface area contributed by atoms with Gasteiger partial charge in [-0.05, 0) is 38.3 Å². The minimum Gasteiger partial charge on any atom is -0.207 e. The molecule has 1 unspecified atom stereocenters. The first-order valence-electron chi connectivity index (χ1n) is 7.24. The number of allylic oxidation sites excluding steroid dienone is 1. The SMILES string of the molecule is C#CCN(C1C=CCCCC1)S(=O)(=O)c1ccc(C)cc1. The monoisotopic (exact) mass is 303 g/mol. The Labute approximate surface area is 127 Å². The predicted molar refractivity (Wildman–Crippen MR) is 85.3 cm³/mol. The van der Waals surface area contributed by atoms with E-state index in [2.05, 4.69) is 12.0 Å². The van der Waals surface area contributed by atoms with Crippen molar-refractivity contribution >= 4 is 10.0 Å². The van der Waals surface area contributed by atoms with Crippen LogP contribution in [0.3, 0.4) is 0 Å². The second-order valence-corrected chi connectivity index (χ2v) is 7.24. The number of hydrogen-bond donors (Lipinski definition) is 0. The Kier molecular flexibility index (Phi) is 5.22. The Balaban J connectivity index is 2.36. The lowest BCUT2D eigenvalue weighted by molar-refractivity contribution is 0.374. The van der Waals surface area contributed by atoms with Gasteiger partial charge in [-0.25, -0.2) is 8.42 Å². The van der Waals surface area contributed by atoms with Gasteiger partial charge in [0.05, 0.1) is 11.4 Å². The highest BCUT2D eigenvalue weighted by atomic mass is 32.2. The van der Waals surface area contributed by atoms with Crippen molar-refractivity contribution in [3.63, 3.8) is 0 Å². The van der Waals surface area contributed by atoms with E-state index in [1.165, 1.54) is 4.31 Å². The van der Waals surface area contributed by atoms with Gasteiger partial charge in [0.2, 0.25) is 10.0 Å². The zero-order valence-electron chi connectivity index (χ0n) is 12.3. The first-order chi connectivity index (χ1) is 10.1. The van der Waals surface area contributed by atoms with Gasteiger partial charge >= 0.3 is 0 Å². The van der Waals surface area contributed by atoms with Gasteiger partial charge in [0.25, 0.3) is 0 Å². The minimum absolute atomic E-state index is 0.102. The lowest BCUT2D eigenvalue weighted by Gasteiger charge is -2.27. The van der Waals surface area contributed by atoms with Gasteiger partial charge in [0, 0.05) is 6.04 Å². The molecule has 0 amide bonds. The van der Waals surface area contributed by atoms with Gasteiger partial charge in [-0.15, -0.1) is 6.42 Å². The van der Waals surface area contributed by atoms with Crippen LogP contribution in [0.4, 0.5) is 0 Å². The Morgan fingerprint density at radius 1 is 1.29 bits per heavy atom. The van der Waals surface area contributed by atoms with E-state index in [0.717, 1.165) is 31.2 Å². The summed E-state index contributed by atoms with van der Waals surface area (Å²) in [5, 5.41) is 0. The molecule has 0 aliphatic heterocycles. The van der Waals surface area contributed by atoms with Crippen molar-refractivity contribution in [3.8, 4) is 12.3 Å². The topological polar surface area (TPSA) is 37.4 Å². The van der Waals surface area contributed by atoms with Crippen molar-refractivity contribution in [2.75, 3.05) is 6.54 Å². The number of hydrogen-bond acceptors (Lipinski definition) is 2. The highest BCUT2D eigenvalue weighted by molar-refractivity contribution is 7.89. The summed E-state index contributed by atoms with van der Waals surface area (Å²) < 4.78 is 27.1. The van der Waals surface area contributed by atoms with Crippen molar-refractivity contribution in [1.82, 2.24) is 4.31 Å². The maximum Gasteiger partial charge on any atom is 0.244 e. The molecule has 1 aliphatic carbocycles. The molecule has 21 heavy (non-hydrogen) atoms. The summed E-state index contributed by atoms with van der Waals surface area (Å²) in [4.78, 5) is 0.306. The molecule has 3 nitrogen and oxygen atoms in total. The van der Waals surface area contributed by atoms with E-state index in [1.807, 2.05) is 25.1 Å². The average molecular weight is 303 g/mol. The number of nitrogens with zero attached hydrogens (tertiary/aromatic N) is 1. The van der Waals surface area contributed by atoms with Crippen LogP contribution in [0.25, 0.3) is 0 Å².